The van der Waals surface area contributed by atoms with Crippen molar-refractivity contribution in [2.45, 2.75) is 24.3 Å². The first kappa shape index (κ1) is 19.1. The average molecular weight is 337 g/mol. The lowest BCUT2D eigenvalue weighted by Gasteiger charge is -2.29. The van der Waals surface area contributed by atoms with Gasteiger partial charge in [-0.1, -0.05) is 0 Å². The Morgan fingerprint density at radius 1 is 1.16 bits per heavy atom. The monoisotopic (exact) mass is 337 g/mol. The molecule has 0 spiro atoms. The predicted octanol–water partition coefficient (Wildman–Crippen LogP) is -0.796. The standard InChI is InChI=1S/C7H17NO8P2S/c9-6(2-1-5-19)8-4-3-7(10,17(11,12)13)18(14,15)16/h10,19H,1-5H2,(H,8,9)(H2,11,12,13)(H2,14,15,16). The van der Waals surface area contributed by atoms with E-state index in [9.17, 15) is 19.0 Å². The minimum Gasteiger partial charge on any atom is -0.367 e. The van der Waals surface area contributed by atoms with E-state index in [0.717, 1.165) is 0 Å². The summed E-state index contributed by atoms with van der Waals surface area (Å²) < 4.78 is 22.0. The van der Waals surface area contributed by atoms with Gasteiger partial charge >= 0.3 is 15.2 Å². The van der Waals surface area contributed by atoms with Gasteiger partial charge in [0.1, 0.15) is 0 Å². The lowest BCUT2D eigenvalue weighted by molar-refractivity contribution is -0.121. The maximum Gasteiger partial charge on any atom is 0.369 e. The number of thiol groups is 1. The zero-order valence-corrected chi connectivity index (χ0v) is 12.5. The number of hydrogen-bond acceptors (Lipinski definition) is 5. The minimum absolute atomic E-state index is 0.119. The maximum atomic E-state index is 11.2. The molecule has 0 rings (SSSR count). The van der Waals surface area contributed by atoms with Gasteiger partial charge in [-0.05, 0) is 12.2 Å². The Kier molecular flexibility index (Phi) is 7.22. The fraction of sp³-hybridized carbons (Fsp3) is 0.857. The second-order valence-electron chi connectivity index (χ2n) is 3.79. The zero-order chi connectivity index (χ0) is 15.3. The van der Waals surface area contributed by atoms with Crippen molar-refractivity contribution in [1.29, 1.82) is 0 Å². The summed E-state index contributed by atoms with van der Waals surface area (Å²) in [5.74, 6) is 0.00955. The molecule has 0 radical (unpaired) electrons. The summed E-state index contributed by atoms with van der Waals surface area (Å²) in [5.41, 5.74) is 0. The minimum atomic E-state index is -5.46. The van der Waals surface area contributed by atoms with E-state index in [4.69, 9.17) is 19.6 Å². The Bertz CT molecular complexity index is 382. The van der Waals surface area contributed by atoms with Gasteiger partial charge in [-0.15, -0.1) is 0 Å². The number of hydrogen-bond donors (Lipinski definition) is 7. The van der Waals surface area contributed by atoms with Crippen LogP contribution in [0, 0.1) is 0 Å². The van der Waals surface area contributed by atoms with Crippen LogP contribution >= 0.6 is 27.8 Å². The summed E-state index contributed by atoms with van der Waals surface area (Å²) >= 11 is 3.88. The smallest absolute Gasteiger partial charge is 0.367 e. The number of aliphatic hydroxyl groups is 1. The van der Waals surface area contributed by atoms with E-state index < -0.39 is 39.1 Å². The molecule has 0 saturated carbocycles. The summed E-state index contributed by atoms with van der Waals surface area (Å²) in [7, 11) is -10.9. The van der Waals surface area contributed by atoms with Gasteiger partial charge in [0.2, 0.25) is 5.91 Å². The highest BCUT2D eigenvalue weighted by atomic mass is 32.1. The predicted molar refractivity (Wildman–Crippen MR) is 69.8 cm³/mol. The van der Waals surface area contributed by atoms with Crippen LogP contribution in [0.25, 0.3) is 0 Å². The molecule has 6 N–H and O–H groups in total. The molecule has 0 unspecified atom stereocenters. The SMILES string of the molecule is O=C(CCCS)NCCC(O)(P(=O)(O)O)P(=O)(O)O. The average Bonchev–Trinajstić information content (AvgIpc) is 2.22. The van der Waals surface area contributed by atoms with Crippen LogP contribution in [0.1, 0.15) is 19.3 Å². The van der Waals surface area contributed by atoms with E-state index in [0.29, 0.717) is 12.2 Å². The van der Waals surface area contributed by atoms with Crippen molar-refractivity contribution in [3.8, 4) is 0 Å². The molecule has 0 saturated heterocycles. The highest BCUT2D eigenvalue weighted by Crippen LogP contribution is 2.68. The molecular formula is C7H17NO8P2S. The van der Waals surface area contributed by atoms with Gasteiger partial charge in [0, 0.05) is 19.4 Å². The fourth-order valence-corrected chi connectivity index (χ4v) is 3.48. The third-order valence-electron chi connectivity index (χ3n) is 2.28. The highest BCUT2D eigenvalue weighted by Gasteiger charge is 2.58. The van der Waals surface area contributed by atoms with Gasteiger partial charge in [-0.3, -0.25) is 13.9 Å². The van der Waals surface area contributed by atoms with Crippen LogP contribution in [-0.2, 0) is 13.9 Å². The Labute approximate surface area is 115 Å². The Hall–Kier alpha value is 0.0800. The van der Waals surface area contributed by atoms with Crippen LogP contribution in [0.4, 0.5) is 0 Å². The Morgan fingerprint density at radius 2 is 1.63 bits per heavy atom. The second kappa shape index (κ2) is 7.19. The number of nitrogens with one attached hydrogen (secondary N) is 1. The van der Waals surface area contributed by atoms with Crippen molar-refractivity contribution >= 4 is 33.7 Å². The van der Waals surface area contributed by atoms with Gasteiger partial charge in [-0.2, -0.15) is 12.6 Å². The first-order valence-corrected chi connectivity index (χ1v) is 9.02. The quantitative estimate of drug-likeness (QED) is 0.223. The molecule has 0 fully saturated rings. The van der Waals surface area contributed by atoms with Crippen molar-refractivity contribution in [1.82, 2.24) is 5.32 Å². The Morgan fingerprint density at radius 3 is 2.00 bits per heavy atom. The third-order valence-corrected chi connectivity index (χ3v) is 6.47. The van der Waals surface area contributed by atoms with E-state index in [1.165, 1.54) is 0 Å². The van der Waals surface area contributed by atoms with E-state index in [2.05, 4.69) is 17.9 Å². The van der Waals surface area contributed by atoms with Crippen LogP contribution in [0.2, 0.25) is 0 Å². The summed E-state index contributed by atoms with van der Waals surface area (Å²) in [6.45, 7) is -0.474. The molecule has 0 aliphatic heterocycles. The maximum absolute atomic E-state index is 11.2. The van der Waals surface area contributed by atoms with Crippen LogP contribution in [0.3, 0.4) is 0 Å². The molecule has 1 amide bonds. The van der Waals surface area contributed by atoms with Crippen molar-refractivity contribution in [3.05, 3.63) is 0 Å². The molecule has 0 aromatic rings. The zero-order valence-electron chi connectivity index (χ0n) is 9.84. The van der Waals surface area contributed by atoms with Gasteiger partial charge in [0.15, 0.2) is 0 Å². The molecule has 0 atom stereocenters. The number of amides is 1. The summed E-state index contributed by atoms with van der Waals surface area (Å²) in [5, 5.41) is 8.19. The lowest BCUT2D eigenvalue weighted by Crippen LogP contribution is -2.35. The normalized spacial score (nSPS) is 13.4. The van der Waals surface area contributed by atoms with E-state index in [1.54, 1.807) is 0 Å². The van der Waals surface area contributed by atoms with Gasteiger partial charge in [0.05, 0.1) is 0 Å². The lowest BCUT2D eigenvalue weighted by atomic mass is 10.3. The highest BCUT2D eigenvalue weighted by molar-refractivity contribution is 7.80. The van der Waals surface area contributed by atoms with Gasteiger partial charge in [-0.25, -0.2) is 0 Å². The van der Waals surface area contributed by atoms with Crippen LogP contribution in [0.15, 0.2) is 0 Å². The molecule has 12 heteroatoms. The molecular weight excluding hydrogens is 320 g/mol. The largest absolute Gasteiger partial charge is 0.369 e. The fourth-order valence-electron chi connectivity index (χ4n) is 1.16. The first-order valence-electron chi connectivity index (χ1n) is 5.17. The van der Waals surface area contributed by atoms with Crippen molar-refractivity contribution in [2.75, 3.05) is 12.3 Å². The summed E-state index contributed by atoms with van der Waals surface area (Å²) in [6.07, 6.45) is -0.363. The van der Waals surface area contributed by atoms with Crippen LogP contribution < -0.4 is 5.32 Å². The van der Waals surface area contributed by atoms with Gasteiger partial charge < -0.3 is 30.0 Å². The molecule has 114 valence electrons. The van der Waals surface area contributed by atoms with E-state index in [1.807, 2.05) is 0 Å². The summed E-state index contributed by atoms with van der Waals surface area (Å²) in [4.78, 5) is 46.5. The van der Waals surface area contributed by atoms with E-state index in [-0.39, 0.29) is 6.42 Å². The Balaban J connectivity index is 4.61. The topological polar surface area (TPSA) is 164 Å². The first-order chi connectivity index (χ1) is 8.45. The molecule has 0 heterocycles. The van der Waals surface area contributed by atoms with Crippen molar-refractivity contribution < 1.29 is 38.6 Å². The molecule has 0 aliphatic carbocycles. The number of rotatable bonds is 8. The van der Waals surface area contributed by atoms with Crippen molar-refractivity contribution in [2.24, 2.45) is 0 Å². The molecule has 0 aromatic heterocycles. The molecule has 0 aromatic carbocycles. The van der Waals surface area contributed by atoms with E-state index >= 15 is 0 Å². The number of carbonyl (C=O) groups is 1. The van der Waals surface area contributed by atoms with Crippen LogP contribution in [-0.4, -0.2) is 48.0 Å². The molecule has 19 heavy (non-hydrogen) atoms. The molecule has 0 bridgehead atoms. The number of carbonyl (C=O) groups excluding carboxylic acids is 1. The summed E-state index contributed by atoms with van der Waals surface area (Å²) in [6, 6.07) is 0. The van der Waals surface area contributed by atoms with Gasteiger partial charge in [0.25, 0.3) is 5.08 Å². The molecule has 0 aliphatic rings. The van der Waals surface area contributed by atoms with Crippen LogP contribution in [0.5, 0.6) is 0 Å². The third kappa shape index (κ3) is 5.53. The molecule has 9 nitrogen and oxygen atoms in total. The second-order valence-corrected chi connectivity index (χ2v) is 8.25. The van der Waals surface area contributed by atoms with Crippen molar-refractivity contribution in [3.63, 3.8) is 0 Å².